The summed E-state index contributed by atoms with van der Waals surface area (Å²) in [6.07, 6.45) is 2.39. The summed E-state index contributed by atoms with van der Waals surface area (Å²) in [5.74, 6) is -0.995. The highest BCUT2D eigenvalue weighted by Crippen LogP contribution is 2.22. The lowest BCUT2D eigenvalue weighted by atomic mass is 10.1. The van der Waals surface area contributed by atoms with Gasteiger partial charge < -0.3 is 15.8 Å². The van der Waals surface area contributed by atoms with Crippen molar-refractivity contribution in [3.63, 3.8) is 0 Å². The first-order valence-electron chi connectivity index (χ1n) is 12.1. The van der Waals surface area contributed by atoms with E-state index >= 15 is 0 Å². The van der Waals surface area contributed by atoms with E-state index in [1.54, 1.807) is 0 Å². The van der Waals surface area contributed by atoms with E-state index in [1.807, 2.05) is 27.7 Å². The third-order valence-corrected chi connectivity index (χ3v) is 6.60. The molecule has 3 unspecified atom stereocenters. The van der Waals surface area contributed by atoms with Gasteiger partial charge in [0.2, 0.25) is 5.91 Å². The first-order valence-corrected chi connectivity index (χ1v) is 14.5. The summed E-state index contributed by atoms with van der Waals surface area (Å²) < 4.78 is 39.4. The molecule has 0 bridgehead atoms. The molecule has 1 rings (SSSR count). The van der Waals surface area contributed by atoms with Gasteiger partial charge in [0, 0.05) is 34.4 Å². The number of amides is 2. The Bertz CT molecular complexity index is 949. The predicted octanol–water partition coefficient (Wildman–Crippen LogP) is 4.40. The smallest absolute Gasteiger partial charge is 0.380 e. The Balaban J connectivity index is 2.39. The highest BCUT2D eigenvalue weighted by atomic mass is 31.1. The normalized spacial score (nSPS) is 12.5. The van der Waals surface area contributed by atoms with Crippen LogP contribution in [0.15, 0.2) is 24.3 Å². The van der Waals surface area contributed by atoms with E-state index in [2.05, 4.69) is 26.6 Å². The van der Waals surface area contributed by atoms with Gasteiger partial charge in [-0.25, -0.2) is 0 Å². The van der Waals surface area contributed by atoms with Crippen molar-refractivity contribution in [1.29, 1.82) is 0 Å². The van der Waals surface area contributed by atoms with Crippen molar-refractivity contribution in [1.82, 2.24) is 15.5 Å². The molecule has 1 aromatic carbocycles. The lowest BCUT2D eigenvalue weighted by Gasteiger charge is -2.14. The number of carbonyl (C=O) groups is 2. The van der Waals surface area contributed by atoms with Crippen molar-refractivity contribution in [3.8, 4) is 6.07 Å². The quantitative estimate of drug-likeness (QED) is 0.0885. The first-order chi connectivity index (χ1) is 17.6. The molecular formula is C23H38N5O7P2+3. The zero-order valence-electron chi connectivity index (χ0n) is 21.8. The Morgan fingerprint density at radius 3 is 2.19 bits per heavy atom. The van der Waals surface area contributed by atoms with Crippen molar-refractivity contribution in [2.45, 2.75) is 78.1 Å². The monoisotopic (exact) mass is 558 g/mol. The maximum absolute atomic E-state index is 12.6. The average Bonchev–Trinajstić information content (AvgIpc) is 2.81. The summed E-state index contributed by atoms with van der Waals surface area (Å²) in [5, 5.41) is 11.7. The van der Waals surface area contributed by atoms with E-state index < -0.39 is 34.4 Å². The van der Waals surface area contributed by atoms with E-state index in [4.69, 9.17) is 19.6 Å². The van der Waals surface area contributed by atoms with Gasteiger partial charge in [-0.1, -0.05) is 16.6 Å². The van der Waals surface area contributed by atoms with Gasteiger partial charge in [-0.3, -0.25) is 9.59 Å². The fourth-order valence-corrected chi connectivity index (χ4v) is 4.27. The number of benzene rings is 1. The molecule has 1 aromatic rings. The molecule has 0 fully saturated rings. The maximum atomic E-state index is 12.6. The molecule has 0 saturated carbocycles. The number of nitrogens with two attached hydrogens (primary N) is 1. The van der Waals surface area contributed by atoms with Gasteiger partial charge in [0.1, 0.15) is 11.0 Å². The Hall–Kier alpha value is -2.51. The van der Waals surface area contributed by atoms with Crippen LogP contribution in [0.2, 0.25) is 0 Å². The lowest BCUT2D eigenvalue weighted by Crippen LogP contribution is -2.36. The van der Waals surface area contributed by atoms with Crippen LogP contribution in [-0.2, 0) is 23.0 Å². The number of carbonyl (C=O) groups excluding carboxylic acids is 2. The second kappa shape index (κ2) is 18.7. The van der Waals surface area contributed by atoms with E-state index in [9.17, 15) is 18.7 Å². The van der Waals surface area contributed by atoms with Crippen LogP contribution in [0.1, 0.15) is 80.5 Å². The highest BCUT2D eigenvalue weighted by Gasteiger charge is 2.28. The number of nitrogens with one attached hydrogen (secondary N) is 3. The van der Waals surface area contributed by atoms with Gasteiger partial charge in [0.15, 0.2) is 6.23 Å². The minimum atomic E-state index is -2.17. The van der Waals surface area contributed by atoms with Gasteiger partial charge in [-0.05, 0) is 75.8 Å². The third kappa shape index (κ3) is 16.0. The molecule has 14 heteroatoms. The lowest BCUT2D eigenvalue weighted by molar-refractivity contribution is 0.0818. The number of unbranched alkanes of at least 4 members (excludes halogenated alkanes) is 2. The minimum Gasteiger partial charge on any atom is -0.380 e. The van der Waals surface area contributed by atoms with Crippen LogP contribution in [0.3, 0.4) is 0 Å². The number of ether oxygens (including phenoxy) is 1. The summed E-state index contributed by atoms with van der Waals surface area (Å²) in [6.45, 7) is 8.30. The molecule has 0 aromatic heterocycles. The Kier molecular flexibility index (Phi) is 16.4. The summed E-state index contributed by atoms with van der Waals surface area (Å²) in [7, 11) is -4.21. The van der Waals surface area contributed by atoms with Gasteiger partial charge in [0.25, 0.3) is 10.9 Å². The summed E-state index contributed by atoms with van der Waals surface area (Å²) in [5.41, 5.74) is 5.85. The standard InChI is InChI=1S/C23H36N5O7P2/c1-17(2)27-36(31)34-21(26-23(30)20-12-10-19(11-13-20)22(24)29)9-6-5-7-15-33-16-8-14-25-35-37(32)28-18(3)4/h10-13,17-18,21H,5-9,15-16H2,1-4H3,(H3-2,24,26,27,28,29,30,31,32)/q+1/p+2. The Morgan fingerprint density at radius 1 is 0.946 bits per heavy atom. The molecule has 0 aliphatic heterocycles. The Morgan fingerprint density at radius 2 is 1.57 bits per heavy atom. The maximum Gasteiger partial charge on any atom is 0.753 e. The van der Waals surface area contributed by atoms with Gasteiger partial charge in [-0.2, -0.15) is 0 Å². The average molecular weight is 559 g/mol. The van der Waals surface area contributed by atoms with Crippen molar-refractivity contribution >= 4 is 28.2 Å². The van der Waals surface area contributed by atoms with Crippen LogP contribution in [0.25, 0.3) is 5.01 Å². The second-order valence-electron chi connectivity index (χ2n) is 8.63. The molecule has 12 nitrogen and oxygen atoms in total. The molecule has 5 N–H and O–H groups in total. The van der Waals surface area contributed by atoms with E-state index in [0.717, 1.165) is 12.8 Å². The molecule has 204 valence electrons. The third-order valence-electron chi connectivity index (χ3n) is 4.47. The molecule has 3 atom stereocenters. The van der Waals surface area contributed by atoms with E-state index in [1.165, 1.54) is 24.3 Å². The van der Waals surface area contributed by atoms with E-state index in [0.29, 0.717) is 43.6 Å². The second-order valence-corrected chi connectivity index (χ2v) is 10.6. The number of hydrogen-bond donors (Lipinski definition) is 4. The summed E-state index contributed by atoms with van der Waals surface area (Å²) in [6, 6.07) is 8.52. The van der Waals surface area contributed by atoms with Crippen LogP contribution >= 0.6 is 16.4 Å². The molecular weight excluding hydrogens is 520 g/mol. The fraction of sp³-hybridized carbons (Fsp3) is 0.609. The van der Waals surface area contributed by atoms with Crippen molar-refractivity contribution in [3.05, 3.63) is 40.4 Å². The van der Waals surface area contributed by atoms with Crippen LogP contribution in [0.4, 0.5) is 0 Å². The summed E-state index contributed by atoms with van der Waals surface area (Å²) in [4.78, 5) is 23.8. The number of primary amides is 1. The van der Waals surface area contributed by atoms with Gasteiger partial charge in [-0.15, -0.1) is 4.52 Å². The van der Waals surface area contributed by atoms with Crippen molar-refractivity contribution in [2.24, 2.45) is 5.73 Å². The molecule has 0 aliphatic rings. The Labute approximate surface area is 220 Å². The largest absolute Gasteiger partial charge is 0.753 e. The molecule has 0 saturated heterocycles. The molecule has 0 radical (unpaired) electrons. The number of nitrogens with zero attached hydrogens (tertiary/aromatic N) is 1. The SMILES string of the molecule is CC(C)N[P+](=O)O[N+]#CCCOCCCCCC(NC(=O)c1ccc(C(N)=O)cc1)O[P+](=O)NC(C)C. The van der Waals surface area contributed by atoms with Crippen LogP contribution in [-0.4, -0.2) is 43.3 Å². The molecule has 37 heavy (non-hydrogen) atoms. The van der Waals surface area contributed by atoms with Gasteiger partial charge in [0.05, 0.1) is 6.61 Å². The van der Waals surface area contributed by atoms with Crippen molar-refractivity contribution < 1.29 is 32.6 Å². The number of rotatable bonds is 18. The fourth-order valence-electron chi connectivity index (χ4n) is 2.80. The zero-order chi connectivity index (χ0) is 27.6. The highest BCUT2D eigenvalue weighted by molar-refractivity contribution is 7.37. The molecule has 0 aliphatic carbocycles. The van der Waals surface area contributed by atoms with Crippen LogP contribution in [0.5, 0.6) is 0 Å². The molecule has 0 spiro atoms. The van der Waals surface area contributed by atoms with Crippen molar-refractivity contribution in [2.75, 3.05) is 13.2 Å². The molecule has 0 heterocycles. The number of hydrogen-bond acceptors (Lipinski definition) is 7. The van der Waals surface area contributed by atoms with Crippen LogP contribution in [0, 0.1) is 6.07 Å². The van der Waals surface area contributed by atoms with Gasteiger partial charge >= 0.3 is 22.4 Å². The van der Waals surface area contributed by atoms with Crippen LogP contribution < -0.4 is 21.2 Å². The zero-order valence-corrected chi connectivity index (χ0v) is 23.6. The predicted molar refractivity (Wildman–Crippen MR) is 141 cm³/mol. The topological polar surface area (TPSA) is 162 Å². The molecule has 2 amide bonds. The van der Waals surface area contributed by atoms with E-state index in [-0.39, 0.29) is 12.1 Å². The minimum absolute atomic E-state index is 0.0292. The first kappa shape index (κ1) is 32.5. The summed E-state index contributed by atoms with van der Waals surface area (Å²) >= 11 is 0.